The lowest BCUT2D eigenvalue weighted by molar-refractivity contribution is -0.142. The lowest BCUT2D eigenvalue weighted by Gasteiger charge is -2.30. The Balaban J connectivity index is 1.53. The minimum absolute atomic E-state index is 0.00325. The fourth-order valence-corrected chi connectivity index (χ4v) is 5.17. The first-order valence-corrected chi connectivity index (χ1v) is 12.7. The molecule has 1 aliphatic rings. The van der Waals surface area contributed by atoms with Gasteiger partial charge in [0.15, 0.2) is 11.5 Å². The number of nitrogens with zero attached hydrogens (tertiary/aromatic N) is 5. The van der Waals surface area contributed by atoms with Crippen LogP contribution in [0.4, 0.5) is 0 Å². The molecule has 12 heteroatoms. The molecule has 0 unspecified atom stereocenters. The second-order valence-electron chi connectivity index (χ2n) is 8.43. The van der Waals surface area contributed by atoms with Crippen LogP contribution in [0.1, 0.15) is 36.6 Å². The van der Waals surface area contributed by atoms with Crippen LogP contribution in [0.2, 0.25) is 0 Å². The third-order valence-electron chi connectivity index (χ3n) is 6.11. The molecule has 0 bridgehead atoms. The predicted molar refractivity (Wildman–Crippen MR) is 133 cm³/mol. The van der Waals surface area contributed by atoms with Gasteiger partial charge >= 0.3 is 0 Å². The minimum atomic E-state index is -0.848. The molecular formula is C24H30N6O5S. The summed E-state index contributed by atoms with van der Waals surface area (Å²) in [5, 5.41) is 27.1. The van der Waals surface area contributed by atoms with Gasteiger partial charge in [0.1, 0.15) is 12.6 Å². The SMILES string of the molecule is COc1ccc(-c2nnn(CC(=O)N(CCO)[C@@H](C(=O)NC3CCCC3)c3cccs3)n2)cc1OC. The van der Waals surface area contributed by atoms with Crippen molar-refractivity contribution in [3.8, 4) is 22.9 Å². The molecule has 0 saturated heterocycles. The first-order chi connectivity index (χ1) is 17.5. The first-order valence-electron chi connectivity index (χ1n) is 11.8. The first kappa shape index (κ1) is 25.6. The van der Waals surface area contributed by atoms with E-state index in [1.807, 2.05) is 17.5 Å². The van der Waals surface area contributed by atoms with Gasteiger partial charge in [-0.3, -0.25) is 9.59 Å². The zero-order valence-electron chi connectivity index (χ0n) is 20.3. The Morgan fingerprint density at radius 3 is 2.67 bits per heavy atom. The summed E-state index contributed by atoms with van der Waals surface area (Å²) in [6.07, 6.45) is 4.01. The fourth-order valence-electron chi connectivity index (χ4n) is 4.34. The van der Waals surface area contributed by atoms with Crippen LogP contribution in [0.5, 0.6) is 11.5 Å². The van der Waals surface area contributed by atoms with E-state index in [9.17, 15) is 14.7 Å². The molecule has 0 spiro atoms. The third-order valence-corrected chi connectivity index (χ3v) is 7.03. The van der Waals surface area contributed by atoms with Crippen molar-refractivity contribution in [3.63, 3.8) is 0 Å². The molecule has 2 heterocycles. The van der Waals surface area contributed by atoms with Gasteiger partial charge in [-0.2, -0.15) is 4.80 Å². The normalized spacial score (nSPS) is 14.4. The Labute approximate surface area is 213 Å². The van der Waals surface area contributed by atoms with Crippen LogP contribution < -0.4 is 14.8 Å². The van der Waals surface area contributed by atoms with Crippen molar-refractivity contribution in [1.29, 1.82) is 0 Å². The summed E-state index contributed by atoms with van der Waals surface area (Å²) in [5.74, 6) is 0.748. The molecule has 4 rings (SSSR count). The molecule has 3 aromatic rings. The summed E-state index contributed by atoms with van der Waals surface area (Å²) in [7, 11) is 3.08. The maximum atomic E-state index is 13.4. The fraction of sp³-hybridized carbons (Fsp3) is 0.458. The highest BCUT2D eigenvalue weighted by atomic mass is 32.1. The molecular weight excluding hydrogens is 484 g/mol. The van der Waals surface area contributed by atoms with Crippen molar-refractivity contribution in [3.05, 3.63) is 40.6 Å². The molecule has 1 aromatic carbocycles. The predicted octanol–water partition coefficient (Wildman–Crippen LogP) is 2.04. The topological polar surface area (TPSA) is 132 Å². The van der Waals surface area contributed by atoms with E-state index in [0.29, 0.717) is 22.9 Å². The third kappa shape index (κ3) is 5.82. The van der Waals surface area contributed by atoms with E-state index >= 15 is 0 Å². The Kier molecular flexibility index (Phi) is 8.49. The van der Waals surface area contributed by atoms with Crippen LogP contribution in [-0.4, -0.2) is 75.4 Å². The van der Waals surface area contributed by atoms with Crippen molar-refractivity contribution in [2.75, 3.05) is 27.4 Å². The largest absolute Gasteiger partial charge is 0.493 e. The number of aliphatic hydroxyl groups is 1. The number of methoxy groups -OCH3 is 2. The monoisotopic (exact) mass is 514 g/mol. The zero-order valence-corrected chi connectivity index (χ0v) is 21.1. The highest BCUT2D eigenvalue weighted by molar-refractivity contribution is 7.10. The van der Waals surface area contributed by atoms with Gasteiger partial charge in [0.05, 0.1) is 20.8 Å². The van der Waals surface area contributed by atoms with Crippen molar-refractivity contribution in [2.45, 2.75) is 44.3 Å². The highest BCUT2D eigenvalue weighted by Crippen LogP contribution is 2.31. The molecule has 0 aliphatic heterocycles. The lowest BCUT2D eigenvalue weighted by Crippen LogP contribution is -2.47. The smallest absolute Gasteiger partial charge is 0.248 e. The molecule has 2 amide bonds. The van der Waals surface area contributed by atoms with Crippen LogP contribution in [-0.2, 0) is 16.1 Å². The molecule has 1 aliphatic carbocycles. The quantitative estimate of drug-likeness (QED) is 0.397. The Bertz CT molecular complexity index is 1160. The van der Waals surface area contributed by atoms with Gasteiger partial charge in [-0.05, 0) is 47.7 Å². The van der Waals surface area contributed by atoms with Crippen LogP contribution in [0, 0.1) is 0 Å². The van der Waals surface area contributed by atoms with Crippen LogP contribution in [0.25, 0.3) is 11.4 Å². The Morgan fingerprint density at radius 1 is 1.22 bits per heavy atom. The molecule has 0 radical (unpaired) electrons. The van der Waals surface area contributed by atoms with Gasteiger partial charge in [0, 0.05) is 23.0 Å². The summed E-state index contributed by atoms with van der Waals surface area (Å²) >= 11 is 1.39. The number of hydrogen-bond donors (Lipinski definition) is 2. The van der Waals surface area contributed by atoms with E-state index in [4.69, 9.17) is 9.47 Å². The van der Waals surface area contributed by atoms with Gasteiger partial charge in [-0.15, -0.1) is 21.5 Å². The van der Waals surface area contributed by atoms with Crippen LogP contribution in [0.15, 0.2) is 35.7 Å². The van der Waals surface area contributed by atoms with Crippen molar-refractivity contribution in [2.24, 2.45) is 0 Å². The van der Waals surface area contributed by atoms with Gasteiger partial charge < -0.3 is 24.8 Å². The number of hydrogen-bond acceptors (Lipinski definition) is 9. The number of aromatic nitrogens is 4. The number of tetrazole rings is 1. The summed E-state index contributed by atoms with van der Waals surface area (Å²) in [5.41, 5.74) is 0.644. The Morgan fingerprint density at radius 2 is 2.00 bits per heavy atom. The lowest BCUT2D eigenvalue weighted by atomic mass is 10.1. The van der Waals surface area contributed by atoms with E-state index in [2.05, 4.69) is 20.7 Å². The average Bonchev–Trinajstić information content (AvgIpc) is 3.67. The van der Waals surface area contributed by atoms with E-state index in [1.54, 1.807) is 25.3 Å². The van der Waals surface area contributed by atoms with E-state index in [0.717, 1.165) is 30.6 Å². The van der Waals surface area contributed by atoms with E-state index in [1.165, 1.54) is 28.1 Å². The number of rotatable bonds is 11. The van der Waals surface area contributed by atoms with Crippen molar-refractivity contribution >= 4 is 23.2 Å². The summed E-state index contributed by atoms with van der Waals surface area (Å²) in [6.45, 7) is -0.526. The molecule has 2 aromatic heterocycles. The van der Waals surface area contributed by atoms with Crippen LogP contribution >= 0.6 is 11.3 Å². The number of carbonyl (C=O) groups excluding carboxylic acids is 2. The maximum absolute atomic E-state index is 13.4. The number of carbonyl (C=O) groups is 2. The van der Waals surface area contributed by atoms with Crippen molar-refractivity contribution < 1.29 is 24.2 Å². The van der Waals surface area contributed by atoms with E-state index < -0.39 is 11.9 Å². The highest BCUT2D eigenvalue weighted by Gasteiger charge is 2.34. The standard InChI is InChI=1S/C24H30N6O5S/c1-34-18-10-9-16(14-19(18)35-2)23-26-28-30(27-23)15-21(32)29(11-12-31)22(20-8-5-13-36-20)24(33)25-17-6-3-4-7-17/h5,8-10,13-14,17,22,31H,3-4,6-7,11-12,15H2,1-2H3,(H,25,33)/t22-/m1/s1. The van der Waals surface area contributed by atoms with Gasteiger partial charge in [-0.25, -0.2) is 0 Å². The van der Waals surface area contributed by atoms with Gasteiger partial charge in [-0.1, -0.05) is 18.9 Å². The van der Waals surface area contributed by atoms with Gasteiger partial charge in [0.2, 0.25) is 17.6 Å². The molecule has 1 saturated carbocycles. The van der Waals surface area contributed by atoms with Gasteiger partial charge in [0.25, 0.3) is 0 Å². The number of aliphatic hydroxyl groups excluding tert-OH is 1. The second kappa shape index (κ2) is 12.0. The van der Waals surface area contributed by atoms with Crippen molar-refractivity contribution in [1.82, 2.24) is 30.4 Å². The number of benzene rings is 1. The molecule has 192 valence electrons. The summed E-state index contributed by atoms with van der Waals surface area (Å²) in [4.78, 5) is 30.0. The summed E-state index contributed by atoms with van der Waals surface area (Å²) < 4.78 is 10.6. The number of ether oxygens (including phenoxy) is 2. The minimum Gasteiger partial charge on any atom is -0.493 e. The summed E-state index contributed by atoms with van der Waals surface area (Å²) in [6, 6.07) is 8.14. The number of thiophene rings is 1. The number of amides is 2. The molecule has 11 nitrogen and oxygen atoms in total. The second-order valence-corrected chi connectivity index (χ2v) is 9.41. The maximum Gasteiger partial charge on any atom is 0.248 e. The molecule has 1 fully saturated rings. The number of nitrogens with one attached hydrogen (secondary N) is 1. The Hall–Kier alpha value is -3.51. The zero-order chi connectivity index (χ0) is 25.5. The molecule has 2 N–H and O–H groups in total. The van der Waals surface area contributed by atoms with E-state index in [-0.39, 0.29) is 31.6 Å². The molecule has 1 atom stereocenters. The average molecular weight is 515 g/mol. The van der Waals surface area contributed by atoms with Crippen LogP contribution in [0.3, 0.4) is 0 Å². The molecule has 36 heavy (non-hydrogen) atoms.